The molecule has 5 nitrogen and oxygen atoms in total. The Kier molecular flexibility index (Phi) is 53.7. The van der Waals surface area contributed by atoms with Crippen molar-refractivity contribution in [2.24, 2.45) is 0 Å². The summed E-state index contributed by atoms with van der Waals surface area (Å²) in [5.74, 6) is 0.320. The van der Waals surface area contributed by atoms with Gasteiger partial charge in [0.15, 0.2) is 11.5 Å². The Morgan fingerprint density at radius 1 is 0.313 bits per heavy atom. The van der Waals surface area contributed by atoms with Crippen LogP contribution in [0.15, 0.2) is 12.1 Å². The van der Waals surface area contributed by atoms with Crippen LogP contribution in [0.2, 0.25) is 0 Å². The third-order valence-corrected chi connectivity index (χ3v) is 14.0. The molecule has 1 rings (SSSR count). The molecule has 0 fully saturated rings. The van der Waals surface area contributed by atoms with Crippen molar-refractivity contribution in [3.8, 4) is 17.2 Å². The maximum absolute atomic E-state index is 12.1. The second-order valence-corrected chi connectivity index (χ2v) is 20.5. The Morgan fingerprint density at radius 3 is 0.687 bits per heavy atom. The van der Waals surface area contributed by atoms with Crippen LogP contribution in [0.1, 0.15) is 339 Å². The number of benzene rings is 1. The van der Waals surface area contributed by atoms with Crippen LogP contribution < -0.4 is 48.9 Å². The molecule has 67 heavy (non-hydrogen) atoms. The largest absolute Gasteiger partial charge is 1.00 e. The topological polar surface area (TPSA) is 67.8 Å². The Labute approximate surface area is 440 Å². The van der Waals surface area contributed by atoms with E-state index in [1.165, 1.54) is 270 Å². The third kappa shape index (κ3) is 44.7. The van der Waals surface area contributed by atoms with E-state index < -0.39 is 5.97 Å². The van der Waals surface area contributed by atoms with Crippen LogP contribution in [-0.4, -0.2) is 25.8 Å². The Morgan fingerprint density at radius 2 is 0.493 bits per heavy atom. The van der Waals surface area contributed by atoms with E-state index >= 15 is 0 Å². The van der Waals surface area contributed by atoms with E-state index in [0.717, 1.165) is 38.5 Å². The van der Waals surface area contributed by atoms with Gasteiger partial charge in [-0.15, -0.1) is 0 Å². The number of hydrogen-bond acceptors (Lipinski definition) is 5. The van der Waals surface area contributed by atoms with Gasteiger partial charge in [0.2, 0.25) is 5.75 Å². The van der Waals surface area contributed by atoms with Gasteiger partial charge in [-0.05, 0) is 31.4 Å². The quantitative estimate of drug-likeness (QED) is 0.0481. The average molecular weight is 950 g/mol. The summed E-state index contributed by atoms with van der Waals surface area (Å²) in [5.41, 5.74) is 0.0914. The molecule has 0 aliphatic carbocycles. The molecule has 1 aromatic carbocycles. The molecular weight excluding hydrogens is 836 g/mol. The third-order valence-electron chi connectivity index (χ3n) is 14.0. The molecule has 0 aromatic heterocycles. The molecule has 0 atom stereocenters. The van der Waals surface area contributed by atoms with Gasteiger partial charge in [0, 0.05) is 5.56 Å². The van der Waals surface area contributed by atoms with Gasteiger partial charge >= 0.3 is 29.6 Å². The van der Waals surface area contributed by atoms with E-state index in [1.807, 2.05) is 0 Å². The van der Waals surface area contributed by atoms with Crippen LogP contribution in [-0.2, 0) is 0 Å². The smallest absolute Gasteiger partial charge is 0.545 e. The predicted molar refractivity (Wildman–Crippen MR) is 286 cm³/mol. The number of unbranched alkanes of at least 4 members (excludes halogenated alkanes) is 45. The van der Waals surface area contributed by atoms with E-state index in [4.69, 9.17) is 14.2 Å². The first-order chi connectivity index (χ1) is 32.6. The van der Waals surface area contributed by atoms with E-state index in [2.05, 4.69) is 20.8 Å². The standard InChI is InChI=1S/C61H114O5.Na/c1-4-7-10-13-16-19-22-25-28-31-34-37-40-43-46-49-52-64-58-55-57(61(62)63)56-59(65-53-50-47-44-41-38-35-32-29-26-23-20-17-14-11-8-5-2)60(58)66-54-51-48-45-42-39-36-33-30-27-24-21-18-15-12-9-6-3;/h55-56H,4-54H2,1-3H3,(H,62,63);/q;+1/p-1. The molecular formula is C61H113NaO5. The fraction of sp³-hybridized carbons (Fsp3) is 0.885. The summed E-state index contributed by atoms with van der Waals surface area (Å²) in [6.07, 6.45) is 63.9. The predicted octanol–water partition coefficient (Wildman–Crippen LogP) is 17.0. The molecule has 0 saturated carbocycles. The molecule has 0 amide bonds. The van der Waals surface area contributed by atoms with Crippen LogP contribution >= 0.6 is 0 Å². The first-order valence-electron chi connectivity index (χ1n) is 29.9. The van der Waals surface area contributed by atoms with Crippen molar-refractivity contribution >= 4 is 5.97 Å². The molecule has 6 heteroatoms. The molecule has 0 bridgehead atoms. The molecule has 0 saturated heterocycles. The van der Waals surface area contributed by atoms with Crippen molar-refractivity contribution in [2.45, 2.75) is 329 Å². The van der Waals surface area contributed by atoms with Gasteiger partial charge in [0.1, 0.15) is 0 Å². The summed E-state index contributed by atoms with van der Waals surface area (Å²) in [5, 5.41) is 12.1. The maximum Gasteiger partial charge on any atom is 1.00 e. The number of carboxylic acid groups (broad SMARTS) is 1. The molecule has 0 unspecified atom stereocenters. The number of aromatic carboxylic acids is 1. The van der Waals surface area contributed by atoms with Crippen LogP contribution in [0, 0.1) is 0 Å². The van der Waals surface area contributed by atoms with Crippen molar-refractivity contribution in [3.63, 3.8) is 0 Å². The Hall–Kier alpha value is -0.910. The van der Waals surface area contributed by atoms with Crippen LogP contribution in [0.25, 0.3) is 0 Å². The summed E-state index contributed by atoms with van der Waals surface area (Å²) in [7, 11) is 0. The molecule has 0 heterocycles. The fourth-order valence-corrected chi connectivity index (χ4v) is 9.54. The molecule has 388 valence electrons. The van der Waals surface area contributed by atoms with E-state index in [0.29, 0.717) is 37.1 Å². The SMILES string of the molecule is CCCCCCCCCCCCCCCCCCOc1cc(C(=O)[O-])cc(OCCCCCCCCCCCCCCCCCC)c1OCCCCCCCCCCCCCCCCCC.[Na+]. The van der Waals surface area contributed by atoms with Crippen LogP contribution in [0.4, 0.5) is 0 Å². The minimum atomic E-state index is -1.21. The zero-order valence-corrected chi connectivity index (χ0v) is 47.8. The maximum atomic E-state index is 12.1. The van der Waals surface area contributed by atoms with Gasteiger partial charge in [-0.2, -0.15) is 0 Å². The molecule has 0 radical (unpaired) electrons. The molecule has 0 N–H and O–H groups in total. The summed E-state index contributed by atoms with van der Waals surface area (Å²) >= 11 is 0. The fourth-order valence-electron chi connectivity index (χ4n) is 9.54. The normalized spacial score (nSPS) is 11.3. The van der Waals surface area contributed by atoms with E-state index in [9.17, 15) is 9.90 Å². The summed E-state index contributed by atoms with van der Waals surface area (Å²) in [4.78, 5) is 12.1. The Bertz CT molecular complexity index is 1080. The van der Waals surface area contributed by atoms with Gasteiger partial charge in [0.05, 0.1) is 25.8 Å². The van der Waals surface area contributed by atoms with Crippen molar-refractivity contribution < 1.29 is 53.7 Å². The van der Waals surface area contributed by atoms with Crippen LogP contribution in [0.5, 0.6) is 17.2 Å². The molecule has 0 aliphatic rings. The van der Waals surface area contributed by atoms with Gasteiger partial charge in [-0.25, -0.2) is 0 Å². The van der Waals surface area contributed by atoms with Gasteiger partial charge < -0.3 is 24.1 Å². The minimum absolute atomic E-state index is 0. The number of carboxylic acids is 1. The average Bonchev–Trinajstić information content (AvgIpc) is 3.32. The first-order valence-corrected chi connectivity index (χ1v) is 29.9. The monoisotopic (exact) mass is 949 g/mol. The number of ether oxygens (including phenoxy) is 3. The minimum Gasteiger partial charge on any atom is -0.545 e. The number of carbonyl (C=O) groups excluding carboxylic acids is 1. The van der Waals surface area contributed by atoms with Crippen molar-refractivity contribution in [1.29, 1.82) is 0 Å². The molecule has 0 aliphatic heterocycles. The summed E-state index contributed by atoms with van der Waals surface area (Å²) < 4.78 is 19.1. The van der Waals surface area contributed by atoms with E-state index in [1.54, 1.807) is 12.1 Å². The number of hydrogen-bond donors (Lipinski definition) is 0. The van der Waals surface area contributed by atoms with Crippen molar-refractivity contribution in [2.75, 3.05) is 19.8 Å². The van der Waals surface area contributed by atoms with Gasteiger partial charge in [-0.3, -0.25) is 0 Å². The van der Waals surface area contributed by atoms with E-state index in [-0.39, 0.29) is 35.1 Å². The van der Waals surface area contributed by atoms with Crippen molar-refractivity contribution in [3.05, 3.63) is 17.7 Å². The zero-order valence-electron chi connectivity index (χ0n) is 45.8. The summed E-state index contributed by atoms with van der Waals surface area (Å²) in [6.45, 7) is 8.54. The van der Waals surface area contributed by atoms with Gasteiger partial charge in [0.25, 0.3) is 0 Å². The van der Waals surface area contributed by atoms with Gasteiger partial charge in [-0.1, -0.05) is 310 Å². The Balaban J connectivity index is 0.0000436. The second kappa shape index (κ2) is 54.4. The molecule has 1 aromatic rings. The summed E-state index contributed by atoms with van der Waals surface area (Å²) in [6, 6.07) is 3.18. The molecule has 0 spiro atoms. The second-order valence-electron chi connectivity index (χ2n) is 20.5. The first kappa shape index (κ1) is 66.1. The van der Waals surface area contributed by atoms with Crippen molar-refractivity contribution in [1.82, 2.24) is 0 Å². The number of rotatable bonds is 55. The number of carbonyl (C=O) groups is 1. The van der Waals surface area contributed by atoms with Crippen LogP contribution in [0.3, 0.4) is 0 Å². The zero-order chi connectivity index (χ0) is 47.5.